The van der Waals surface area contributed by atoms with E-state index >= 15 is 0 Å². The van der Waals surface area contributed by atoms with Crippen LogP contribution in [0.1, 0.15) is 36.7 Å². The van der Waals surface area contributed by atoms with Crippen molar-refractivity contribution in [2.24, 2.45) is 0 Å². The Labute approximate surface area is 276 Å². The standard InChI is InChI=1S/C35H45N9O3/c1-5-40-15-19-42(20-16-40)33-37-34(43-21-17-41(6-2)18-22-43)39-35(38-33)44-29(32(45)47-4)23-27-26-9-7-8-10-28(26)36-30(27)31(44)24-11-13-25(46-3)14-12-24/h7-14,29,31,36H,5-6,15-23H2,1-4H3/t29-,31+/m0/s1. The molecule has 2 aromatic carbocycles. The summed E-state index contributed by atoms with van der Waals surface area (Å²) >= 11 is 0. The molecule has 248 valence electrons. The van der Waals surface area contributed by atoms with Crippen LogP contribution in [-0.2, 0) is 16.0 Å². The summed E-state index contributed by atoms with van der Waals surface area (Å²) in [5.41, 5.74) is 4.15. The largest absolute Gasteiger partial charge is 0.497 e. The van der Waals surface area contributed by atoms with Crippen molar-refractivity contribution in [3.63, 3.8) is 0 Å². The molecule has 12 heteroatoms. The fourth-order valence-corrected chi connectivity index (χ4v) is 7.26. The van der Waals surface area contributed by atoms with Gasteiger partial charge in [-0.2, -0.15) is 15.0 Å². The Morgan fingerprint density at radius 3 is 1.91 bits per heavy atom. The van der Waals surface area contributed by atoms with Crippen molar-refractivity contribution in [2.75, 3.05) is 94.4 Å². The Morgan fingerprint density at radius 2 is 1.36 bits per heavy atom. The average Bonchev–Trinajstić information content (AvgIpc) is 3.52. The molecule has 0 unspecified atom stereocenters. The third-order valence-corrected chi connectivity index (χ3v) is 10.1. The van der Waals surface area contributed by atoms with E-state index < -0.39 is 12.1 Å². The number of carbonyl (C=O) groups is 1. The first kappa shape index (κ1) is 31.2. The highest BCUT2D eigenvalue weighted by molar-refractivity contribution is 5.89. The van der Waals surface area contributed by atoms with E-state index in [1.54, 1.807) is 7.11 Å². The zero-order chi connectivity index (χ0) is 32.5. The van der Waals surface area contributed by atoms with Crippen LogP contribution >= 0.6 is 0 Å². The maximum absolute atomic E-state index is 13.8. The molecule has 47 heavy (non-hydrogen) atoms. The number of hydrogen-bond donors (Lipinski definition) is 1. The molecule has 0 bridgehead atoms. The van der Waals surface area contributed by atoms with Crippen LogP contribution in [0, 0.1) is 0 Å². The second kappa shape index (κ2) is 13.4. The van der Waals surface area contributed by atoms with Crippen molar-refractivity contribution in [3.8, 4) is 5.75 Å². The summed E-state index contributed by atoms with van der Waals surface area (Å²) in [6.45, 7) is 13.5. The zero-order valence-electron chi connectivity index (χ0n) is 27.9. The molecule has 3 aliphatic heterocycles. The fourth-order valence-electron chi connectivity index (χ4n) is 7.26. The number of aromatic nitrogens is 4. The maximum Gasteiger partial charge on any atom is 0.328 e. The van der Waals surface area contributed by atoms with E-state index in [0.29, 0.717) is 24.3 Å². The lowest BCUT2D eigenvalue weighted by atomic mass is 9.88. The van der Waals surface area contributed by atoms with Crippen molar-refractivity contribution in [1.82, 2.24) is 29.7 Å². The van der Waals surface area contributed by atoms with Gasteiger partial charge in [-0.15, -0.1) is 0 Å². The first-order chi connectivity index (χ1) is 23.0. The molecule has 4 aromatic rings. The molecular weight excluding hydrogens is 594 g/mol. The number of carbonyl (C=O) groups excluding carboxylic acids is 1. The van der Waals surface area contributed by atoms with E-state index in [1.165, 1.54) is 7.11 Å². The number of nitrogens with one attached hydrogen (secondary N) is 1. The lowest BCUT2D eigenvalue weighted by molar-refractivity contribution is -0.142. The van der Waals surface area contributed by atoms with Gasteiger partial charge >= 0.3 is 5.97 Å². The first-order valence-electron chi connectivity index (χ1n) is 16.8. The monoisotopic (exact) mass is 639 g/mol. The molecule has 2 fully saturated rings. The van der Waals surface area contributed by atoms with E-state index in [4.69, 9.17) is 24.4 Å². The minimum atomic E-state index is -0.657. The molecule has 0 aliphatic carbocycles. The van der Waals surface area contributed by atoms with Crippen LogP contribution in [0.4, 0.5) is 17.8 Å². The Kier molecular flexibility index (Phi) is 8.87. The minimum absolute atomic E-state index is 0.323. The van der Waals surface area contributed by atoms with Crippen LogP contribution < -0.4 is 19.4 Å². The summed E-state index contributed by atoms with van der Waals surface area (Å²) in [5, 5.41) is 1.11. The van der Waals surface area contributed by atoms with Gasteiger partial charge in [0.15, 0.2) is 0 Å². The van der Waals surface area contributed by atoms with Crippen molar-refractivity contribution < 1.29 is 14.3 Å². The number of methoxy groups -OCH3 is 2. The number of esters is 1. The molecule has 12 nitrogen and oxygen atoms in total. The number of rotatable bonds is 8. The predicted molar refractivity (Wildman–Crippen MR) is 184 cm³/mol. The Morgan fingerprint density at radius 1 is 0.787 bits per heavy atom. The second-order valence-electron chi connectivity index (χ2n) is 12.5. The highest BCUT2D eigenvalue weighted by atomic mass is 16.5. The van der Waals surface area contributed by atoms with E-state index in [2.05, 4.69) is 67.6 Å². The summed E-state index contributed by atoms with van der Waals surface area (Å²) in [7, 11) is 3.12. The minimum Gasteiger partial charge on any atom is -0.497 e. The van der Waals surface area contributed by atoms with Crippen molar-refractivity contribution in [3.05, 3.63) is 65.4 Å². The molecule has 0 amide bonds. The van der Waals surface area contributed by atoms with Gasteiger partial charge < -0.3 is 39.0 Å². The molecule has 3 aliphatic rings. The number of H-pyrrole nitrogens is 1. The van der Waals surface area contributed by atoms with Crippen LogP contribution in [0.5, 0.6) is 5.75 Å². The summed E-state index contributed by atoms with van der Waals surface area (Å²) in [5.74, 6) is 2.22. The number of para-hydroxylation sites is 1. The number of likely N-dealkylation sites (N-methyl/N-ethyl adjacent to an activating group) is 2. The van der Waals surface area contributed by atoms with Gasteiger partial charge in [0.05, 0.1) is 20.3 Å². The van der Waals surface area contributed by atoms with E-state index in [0.717, 1.165) is 98.9 Å². The van der Waals surface area contributed by atoms with E-state index in [-0.39, 0.29) is 5.97 Å². The maximum atomic E-state index is 13.8. The van der Waals surface area contributed by atoms with Gasteiger partial charge in [-0.05, 0) is 42.4 Å². The quantitative estimate of drug-likeness (QED) is 0.287. The average molecular weight is 640 g/mol. The topological polar surface area (TPSA) is 106 Å². The smallest absolute Gasteiger partial charge is 0.328 e. The molecule has 0 saturated carbocycles. The molecule has 2 aromatic heterocycles. The third-order valence-electron chi connectivity index (χ3n) is 10.1. The SMILES string of the molecule is CCN1CCN(c2nc(N3CCN(CC)CC3)nc(N3[C@H](c4ccc(OC)cc4)c4[nH]c5ccccc5c4C[C@H]3C(=O)OC)n2)CC1. The van der Waals surface area contributed by atoms with Gasteiger partial charge in [0.2, 0.25) is 17.8 Å². The molecule has 2 saturated heterocycles. The van der Waals surface area contributed by atoms with Gasteiger partial charge in [-0.3, -0.25) is 0 Å². The molecule has 0 radical (unpaired) electrons. The Bertz CT molecular complexity index is 1650. The van der Waals surface area contributed by atoms with Crippen LogP contribution in [0.25, 0.3) is 10.9 Å². The van der Waals surface area contributed by atoms with Crippen molar-refractivity contribution >= 4 is 34.7 Å². The van der Waals surface area contributed by atoms with Gasteiger partial charge in [0.1, 0.15) is 11.8 Å². The molecule has 5 heterocycles. The summed E-state index contributed by atoms with van der Waals surface area (Å²) in [6.07, 6.45) is 0.458. The number of benzene rings is 2. The Hall–Kier alpha value is -4.42. The lowest BCUT2D eigenvalue weighted by Crippen LogP contribution is -2.51. The van der Waals surface area contributed by atoms with Crippen molar-refractivity contribution in [1.29, 1.82) is 0 Å². The number of piperazine rings is 2. The number of ether oxygens (including phenoxy) is 2. The number of aromatic amines is 1. The molecule has 0 spiro atoms. The van der Waals surface area contributed by atoms with Crippen molar-refractivity contribution in [2.45, 2.75) is 32.4 Å². The Balaban J connectivity index is 1.40. The predicted octanol–water partition coefficient (Wildman–Crippen LogP) is 3.34. The van der Waals surface area contributed by atoms with Crippen LogP contribution in [0.3, 0.4) is 0 Å². The zero-order valence-corrected chi connectivity index (χ0v) is 27.9. The molecule has 2 atom stereocenters. The number of hydrogen-bond acceptors (Lipinski definition) is 11. The van der Waals surface area contributed by atoms with E-state index in [1.807, 2.05) is 24.3 Å². The van der Waals surface area contributed by atoms with Gasteiger partial charge in [0.25, 0.3) is 0 Å². The van der Waals surface area contributed by atoms with Gasteiger partial charge in [-0.25, -0.2) is 4.79 Å². The van der Waals surface area contributed by atoms with Crippen LogP contribution in [-0.4, -0.2) is 121 Å². The highest BCUT2D eigenvalue weighted by Gasteiger charge is 2.44. The number of fused-ring (bicyclic) bond motifs is 3. The molecule has 1 N–H and O–H groups in total. The van der Waals surface area contributed by atoms with Crippen LogP contribution in [0.15, 0.2) is 48.5 Å². The van der Waals surface area contributed by atoms with Gasteiger partial charge in [0, 0.05) is 75.4 Å². The van der Waals surface area contributed by atoms with E-state index in [9.17, 15) is 4.79 Å². The lowest BCUT2D eigenvalue weighted by Gasteiger charge is -2.42. The third kappa shape index (κ3) is 5.96. The summed E-state index contributed by atoms with van der Waals surface area (Å²) in [4.78, 5) is 44.5. The fraction of sp³-hybridized carbons (Fsp3) is 0.486. The van der Waals surface area contributed by atoms with Gasteiger partial charge in [-0.1, -0.05) is 44.2 Å². The highest BCUT2D eigenvalue weighted by Crippen LogP contribution is 2.43. The normalized spacial score (nSPS) is 20.8. The molecular formula is C35H45N9O3. The summed E-state index contributed by atoms with van der Waals surface area (Å²) < 4.78 is 11.0. The number of anilines is 3. The van der Waals surface area contributed by atoms with Crippen LogP contribution in [0.2, 0.25) is 0 Å². The molecule has 7 rings (SSSR count). The second-order valence-corrected chi connectivity index (χ2v) is 12.5. The summed E-state index contributed by atoms with van der Waals surface area (Å²) in [6, 6.07) is 15.3. The number of nitrogens with zero attached hydrogens (tertiary/aromatic N) is 8. The first-order valence-corrected chi connectivity index (χ1v) is 16.8.